The van der Waals surface area contributed by atoms with Gasteiger partial charge in [-0.3, -0.25) is 4.79 Å². The summed E-state index contributed by atoms with van der Waals surface area (Å²) in [5.41, 5.74) is 2.64. The third kappa shape index (κ3) is 4.09. The van der Waals surface area contributed by atoms with Crippen molar-refractivity contribution in [3.05, 3.63) is 29.3 Å². The normalized spacial score (nSPS) is 17.4. The van der Waals surface area contributed by atoms with Gasteiger partial charge in [0, 0.05) is 24.3 Å². The predicted molar refractivity (Wildman–Crippen MR) is 77.3 cm³/mol. The molecule has 0 radical (unpaired) electrons. The van der Waals surface area contributed by atoms with E-state index in [1.54, 1.807) is 0 Å². The number of amides is 1. The summed E-state index contributed by atoms with van der Waals surface area (Å²) in [6.45, 7) is 3.18. The molecule has 4 nitrogen and oxygen atoms in total. The van der Waals surface area contributed by atoms with Gasteiger partial charge in [-0.1, -0.05) is 11.8 Å². The lowest BCUT2D eigenvalue weighted by Crippen LogP contribution is -2.22. The fraction of sp³-hybridized carbons (Fsp3) is 0.438. The minimum absolute atomic E-state index is 0.00219. The quantitative estimate of drug-likeness (QED) is 0.824. The Bertz CT molecular complexity index is 536. The predicted octanol–water partition coefficient (Wildman–Crippen LogP) is 1.70. The first-order valence-corrected chi connectivity index (χ1v) is 6.79. The van der Waals surface area contributed by atoms with E-state index in [1.807, 2.05) is 25.1 Å². The lowest BCUT2D eigenvalue weighted by atomic mass is 10.1. The molecule has 1 unspecified atom stereocenters. The van der Waals surface area contributed by atoms with Crippen molar-refractivity contribution < 1.29 is 14.6 Å². The largest absolute Gasteiger partial charge is 0.395 e. The Kier molecular flexibility index (Phi) is 5.16. The number of rotatable bonds is 3. The van der Waals surface area contributed by atoms with Crippen LogP contribution in [0.25, 0.3) is 0 Å². The molecule has 1 fully saturated rings. The van der Waals surface area contributed by atoms with E-state index in [0.29, 0.717) is 19.6 Å². The highest BCUT2D eigenvalue weighted by Crippen LogP contribution is 2.18. The van der Waals surface area contributed by atoms with Gasteiger partial charge >= 0.3 is 0 Å². The summed E-state index contributed by atoms with van der Waals surface area (Å²) in [5, 5.41) is 11.6. The smallest absolute Gasteiger partial charge is 0.229 e. The van der Waals surface area contributed by atoms with Crippen molar-refractivity contribution in [3.63, 3.8) is 0 Å². The maximum Gasteiger partial charge on any atom is 0.229 e. The first-order valence-electron chi connectivity index (χ1n) is 6.79. The molecule has 106 valence electrons. The minimum atomic E-state index is -0.0561. The fourth-order valence-electron chi connectivity index (χ4n) is 2.13. The van der Waals surface area contributed by atoms with Gasteiger partial charge in [-0.15, -0.1) is 0 Å². The van der Waals surface area contributed by atoms with Crippen LogP contribution in [0.4, 0.5) is 5.69 Å². The second-order valence-corrected chi connectivity index (χ2v) is 4.91. The number of hydrogen-bond donors (Lipinski definition) is 2. The van der Waals surface area contributed by atoms with Crippen LogP contribution in [0.5, 0.6) is 0 Å². The molecule has 1 heterocycles. The Labute approximate surface area is 119 Å². The number of carbonyl (C=O) groups is 1. The fourth-order valence-corrected chi connectivity index (χ4v) is 2.13. The molecule has 4 heteroatoms. The van der Waals surface area contributed by atoms with Crippen molar-refractivity contribution >= 4 is 11.6 Å². The maximum absolute atomic E-state index is 12.0. The van der Waals surface area contributed by atoms with Crippen LogP contribution in [-0.4, -0.2) is 30.8 Å². The third-order valence-electron chi connectivity index (χ3n) is 3.11. The molecule has 1 aromatic carbocycles. The number of benzene rings is 1. The van der Waals surface area contributed by atoms with Crippen molar-refractivity contribution in [1.82, 2.24) is 0 Å². The van der Waals surface area contributed by atoms with Crippen LogP contribution >= 0.6 is 0 Å². The molecule has 20 heavy (non-hydrogen) atoms. The Morgan fingerprint density at radius 1 is 1.50 bits per heavy atom. The zero-order valence-corrected chi connectivity index (χ0v) is 11.6. The molecule has 0 aromatic heterocycles. The Balaban J connectivity index is 2.07. The highest BCUT2D eigenvalue weighted by molar-refractivity contribution is 5.93. The summed E-state index contributed by atoms with van der Waals surface area (Å²) >= 11 is 0. The SMILES string of the molecule is Cc1cc(C#CCCO)cc(NC(=O)C2CCOC2)c1. The summed E-state index contributed by atoms with van der Waals surface area (Å²) in [5.74, 6) is 5.81. The number of hydrogen-bond acceptors (Lipinski definition) is 3. The molecule has 2 N–H and O–H groups in total. The highest BCUT2D eigenvalue weighted by atomic mass is 16.5. The summed E-state index contributed by atoms with van der Waals surface area (Å²) in [4.78, 5) is 12.0. The average Bonchev–Trinajstić information content (AvgIpc) is 2.92. The van der Waals surface area contributed by atoms with Crippen LogP contribution in [0.2, 0.25) is 0 Å². The second-order valence-electron chi connectivity index (χ2n) is 4.91. The van der Waals surface area contributed by atoms with Gasteiger partial charge < -0.3 is 15.2 Å². The van der Waals surface area contributed by atoms with E-state index in [0.717, 1.165) is 23.2 Å². The van der Waals surface area contributed by atoms with E-state index >= 15 is 0 Å². The minimum Gasteiger partial charge on any atom is -0.395 e. The van der Waals surface area contributed by atoms with Crippen molar-refractivity contribution in [2.24, 2.45) is 5.92 Å². The van der Waals surface area contributed by atoms with Crippen molar-refractivity contribution in [3.8, 4) is 11.8 Å². The molecule has 1 amide bonds. The van der Waals surface area contributed by atoms with Crippen LogP contribution in [0.3, 0.4) is 0 Å². The van der Waals surface area contributed by atoms with E-state index in [4.69, 9.17) is 9.84 Å². The Morgan fingerprint density at radius 3 is 3.05 bits per heavy atom. The van der Waals surface area contributed by atoms with E-state index in [2.05, 4.69) is 17.2 Å². The summed E-state index contributed by atoms with van der Waals surface area (Å²) < 4.78 is 5.22. The zero-order valence-electron chi connectivity index (χ0n) is 11.6. The van der Waals surface area contributed by atoms with E-state index in [9.17, 15) is 4.79 Å². The summed E-state index contributed by atoms with van der Waals surface area (Å²) in [7, 11) is 0. The molecular weight excluding hydrogens is 254 g/mol. The number of ether oxygens (including phenoxy) is 1. The van der Waals surface area contributed by atoms with Gasteiger partial charge in [-0.05, 0) is 37.1 Å². The molecule has 1 aliphatic rings. The van der Waals surface area contributed by atoms with Gasteiger partial charge in [-0.2, -0.15) is 0 Å². The number of aliphatic hydroxyl groups is 1. The molecule has 0 saturated carbocycles. The molecule has 0 bridgehead atoms. The third-order valence-corrected chi connectivity index (χ3v) is 3.11. The van der Waals surface area contributed by atoms with E-state index in [-0.39, 0.29) is 18.4 Å². The van der Waals surface area contributed by atoms with Crippen LogP contribution in [0.15, 0.2) is 18.2 Å². The van der Waals surface area contributed by atoms with Crippen molar-refractivity contribution in [1.29, 1.82) is 0 Å². The lowest BCUT2D eigenvalue weighted by Gasteiger charge is -2.10. The molecule has 0 spiro atoms. The molecule has 2 rings (SSSR count). The summed E-state index contributed by atoms with van der Waals surface area (Å²) in [6.07, 6.45) is 1.23. The standard InChI is InChI=1S/C16H19NO3/c1-12-8-13(4-2-3-6-18)10-15(9-12)17-16(19)14-5-7-20-11-14/h8-10,14,18H,3,5-7,11H2,1H3,(H,17,19). The molecule has 1 aliphatic heterocycles. The zero-order chi connectivity index (χ0) is 14.4. The van der Waals surface area contributed by atoms with Gasteiger partial charge in [0.1, 0.15) is 0 Å². The number of nitrogens with one attached hydrogen (secondary N) is 1. The maximum atomic E-state index is 12.0. The van der Waals surface area contributed by atoms with Gasteiger partial charge in [0.15, 0.2) is 0 Å². The Morgan fingerprint density at radius 2 is 2.35 bits per heavy atom. The lowest BCUT2D eigenvalue weighted by molar-refractivity contribution is -0.119. The molecular formula is C16H19NO3. The van der Waals surface area contributed by atoms with Crippen LogP contribution in [-0.2, 0) is 9.53 Å². The second kappa shape index (κ2) is 7.09. The topological polar surface area (TPSA) is 58.6 Å². The molecule has 1 saturated heterocycles. The van der Waals surface area contributed by atoms with E-state index < -0.39 is 0 Å². The Hall–Kier alpha value is -1.83. The van der Waals surface area contributed by atoms with Crippen LogP contribution in [0, 0.1) is 24.7 Å². The monoisotopic (exact) mass is 273 g/mol. The van der Waals surface area contributed by atoms with Crippen molar-refractivity contribution in [2.75, 3.05) is 25.1 Å². The van der Waals surface area contributed by atoms with Gasteiger partial charge in [0.2, 0.25) is 5.91 Å². The molecule has 1 aromatic rings. The number of anilines is 1. The van der Waals surface area contributed by atoms with Gasteiger partial charge in [-0.25, -0.2) is 0 Å². The highest BCUT2D eigenvalue weighted by Gasteiger charge is 2.23. The number of carbonyl (C=O) groups excluding carboxylic acids is 1. The van der Waals surface area contributed by atoms with E-state index in [1.165, 1.54) is 0 Å². The van der Waals surface area contributed by atoms with Gasteiger partial charge in [0.25, 0.3) is 0 Å². The molecule has 0 aliphatic carbocycles. The number of aryl methyl sites for hydroxylation is 1. The first-order chi connectivity index (χ1) is 9.69. The first kappa shape index (κ1) is 14.6. The average molecular weight is 273 g/mol. The summed E-state index contributed by atoms with van der Waals surface area (Å²) in [6, 6.07) is 5.73. The van der Waals surface area contributed by atoms with Crippen LogP contribution < -0.4 is 5.32 Å². The van der Waals surface area contributed by atoms with Crippen LogP contribution in [0.1, 0.15) is 24.0 Å². The number of aliphatic hydroxyl groups excluding tert-OH is 1. The van der Waals surface area contributed by atoms with Gasteiger partial charge in [0.05, 0.1) is 19.1 Å². The van der Waals surface area contributed by atoms with Crippen molar-refractivity contribution in [2.45, 2.75) is 19.8 Å². The molecule has 1 atom stereocenters.